The minimum Gasteiger partial charge on any atom is -0.478 e. The van der Waals surface area contributed by atoms with Gasteiger partial charge in [-0.05, 0) is 55.7 Å². The van der Waals surface area contributed by atoms with E-state index in [4.69, 9.17) is 4.42 Å². The van der Waals surface area contributed by atoms with Crippen LogP contribution in [0.3, 0.4) is 0 Å². The van der Waals surface area contributed by atoms with Gasteiger partial charge in [-0.1, -0.05) is 70.2 Å². The Hall–Kier alpha value is -4.32. The van der Waals surface area contributed by atoms with Crippen molar-refractivity contribution in [3.63, 3.8) is 0 Å². The molecule has 4 aromatic rings. The van der Waals surface area contributed by atoms with E-state index in [0.29, 0.717) is 28.0 Å². The largest absolute Gasteiger partial charge is 0.478 e. The molecule has 3 N–H and O–H groups in total. The highest BCUT2D eigenvalue weighted by molar-refractivity contribution is 5.94. The zero-order valence-corrected chi connectivity index (χ0v) is 23.8. The van der Waals surface area contributed by atoms with Gasteiger partial charge in [-0.3, -0.25) is 4.79 Å². The number of carboxylic acids is 1. The third-order valence-electron chi connectivity index (χ3n) is 6.47. The van der Waals surface area contributed by atoms with Crippen LogP contribution in [-0.2, 0) is 0 Å². The Morgan fingerprint density at radius 2 is 1.59 bits per heavy atom. The number of rotatable bonds is 6. The lowest BCUT2D eigenvalue weighted by atomic mass is 9.97. The Bertz CT molecular complexity index is 1550. The van der Waals surface area contributed by atoms with Crippen LogP contribution < -0.4 is 16.1 Å². The second-order valence-corrected chi connectivity index (χ2v) is 8.96. The highest BCUT2D eigenvalue weighted by atomic mass is 16.4. The van der Waals surface area contributed by atoms with Gasteiger partial charge in [-0.15, -0.1) is 0 Å². The summed E-state index contributed by atoms with van der Waals surface area (Å²) in [4.78, 5) is 25.1. The molecule has 1 aliphatic heterocycles. The number of fused-ring (bicyclic) bond motifs is 1. The van der Waals surface area contributed by atoms with E-state index in [0.717, 1.165) is 28.8 Å². The number of hydrogen-bond donors (Lipinski definition) is 3. The summed E-state index contributed by atoms with van der Waals surface area (Å²) in [6, 6.07) is 18.3. The van der Waals surface area contributed by atoms with E-state index in [1.807, 2.05) is 84.1 Å². The van der Waals surface area contributed by atoms with E-state index >= 15 is 0 Å². The average Bonchev–Trinajstić information content (AvgIpc) is 2.92. The molecule has 0 saturated heterocycles. The van der Waals surface area contributed by atoms with Gasteiger partial charge < -0.3 is 20.2 Å². The molecule has 1 aromatic heterocycles. The van der Waals surface area contributed by atoms with Crippen LogP contribution in [0.1, 0.15) is 73.3 Å². The number of nitrogens with one attached hydrogen (secondary N) is 2. The van der Waals surface area contributed by atoms with Crippen LogP contribution in [0.2, 0.25) is 0 Å². The number of carbonyl (C=O) groups is 1. The Labute approximate surface area is 230 Å². The lowest BCUT2D eigenvalue weighted by molar-refractivity contribution is 0.0698. The number of hydrogen-bond acceptors (Lipinski definition) is 5. The SMILES string of the molecule is CC.CC.Cc1cc(C(C)Nc2ccccc2C(=O)O)c2oc(-c3ccc(C4=CNC4)cc3)c(C)c(=O)c2c1. The van der Waals surface area contributed by atoms with Crippen molar-refractivity contribution in [2.24, 2.45) is 0 Å². The number of benzene rings is 3. The Balaban J connectivity index is 0.00000100. The van der Waals surface area contributed by atoms with E-state index in [-0.39, 0.29) is 17.0 Å². The molecular weight excluding hydrogens is 488 g/mol. The molecule has 0 aliphatic carbocycles. The minimum atomic E-state index is -1.00. The molecule has 39 heavy (non-hydrogen) atoms. The lowest BCUT2D eigenvalue weighted by Crippen LogP contribution is -2.20. The van der Waals surface area contributed by atoms with Crippen molar-refractivity contribution in [2.45, 2.75) is 54.5 Å². The fraction of sp³-hybridized carbons (Fsp3) is 0.273. The molecule has 1 unspecified atom stereocenters. The molecule has 1 aliphatic rings. The molecule has 1 atom stereocenters. The number of para-hydroxylation sites is 1. The van der Waals surface area contributed by atoms with Gasteiger partial charge in [0, 0.05) is 35.1 Å². The number of aromatic carboxylic acids is 1. The first-order chi connectivity index (χ1) is 18.8. The van der Waals surface area contributed by atoms with Crippen molar-refractivity contribution >= 4 is 28.2 Å². The molecule has 3 aromatic carbocycles. The molecule has 0 saturated carbocycles. The molecule has 204 valence electrons. The summed E-state index contributed by atoms with van der Waals surface area (Å²) in [7, 11) is 0. The summed E-state index contributed by atoms with van der Waals surface area (Å²) < 4.78 is 6.44. The van der Waals surface area contributed by atoms with Gasteiger partial charge in [-0.2, -0.15) is 0 Å². The molecule has 0 spiro atoms. The summed E-state index contributed by atoms with van der Waals surface area (Å²) >= 11 is 0. The highest BCUT2D eigenvalue weighted by Gasteiger charge is 2.20. The maximum atomic E-state index is 13.4. The summed E-state index contributed by atoms with van der Waals surface area (Å²) in [5.41, 5.74) is 6.62. The molecule has 0 fully saturated rings. The molecule has 5 rings (SSSR count). The number of anilines is 1. The van der Waals surface area contributed by atoms with Gasteiger partial charge in [0.1, 0.15) is 11.3 Å². The smallest absolute Gasteiger partial charge is 0.337 e. The van der Waals surface area contributed by atoms with Crippen LogP contribution in [0, 0.1) is 13.8 Å². The molecule has 0 radical (unpaired) electrons. The van der Waals surface area contributed by atoms with Crippen LogP contribution in [0.15, 0.2) is 76.1 Å². The van der Waals surface area contributed by atoms with Gasteiger partial charge >= 0.3 is 5.97 Å². The molecule has 0 amide bonds. The predicted octanol–water partition coefficient (Wildman–Crippen LogP) is 7.94. The maximum Gasteiger partial charge on any atom is 0.337 e. The number of aryl methyl sites for hydroxylation is 1. The van der Waals surface area contributed by atoms with Crippen molar-refractivity contribution in [1.29, 1.82) is 0 Å². The first kappa shape index (κ1) is 29.2. The first-order valence-corrected chi connectivity index (χ1v) is 13.5. The second kappa shape index (κ2) is 13.0. The standard InChI is InChI=1S/C29H26N2O4.2C2H6/c1-16-12-23(18(3)31-25-7-5-4-6-22(25)29(33)34)28-24(13-16)26(32)17(2)27(35-28)20-10-8-19(9-11-20)21-14-30-15-21;2*1-2/h4-14,18,30-31H,15H2,1-3H3,(H,33,34);2*1-2H3. The van der Waals surface area contributed by atoms with Gasteiger partial charge in [-0.25, -0.2) is 4.79 Å². The predicted molar refractivity (Wildman–Crippen MR) is 162 cm³/mol. The van der Waals surface area contributed by atoms with E-state index in [9.17, 15) is 14.7 Å². The van der Waals surface area contributed by atoms with Crippen molar-refractivity contribution in [3.8, 4) is 11.3 Å². The van der Waals surface area contributed by atoms with E-state index in [2.05, 4.69) is 10.6 Å². The van der Waals surface area contributed by atoms with Gasteiger partial charge in [0.25, 0.3) is 0 Å². The zero-order valence-electron chi connectivity index (χ0n) is 23.8. The zero-order chi connectivity index (χ0) is 28.7. The fourth-order valence-corrected chi connectivity index (χ4v) is 4.50. The van der Waals surface area contributed by atoms with E-state index in [1.54, 1.807) is 31.2 Å². The Kier molecular flexibility index (Phi) is 9.72. The van der Waals surface area contributed by atoms with Gasteiger partial charge in [0.2, 0.25) is 0 Å². The summed E-state index contributed by atoms with van der Waals surface area (Å²) in [5.74, 6) is -0.464. The summed E-state index contributed by atoms with van der Waals surface area (Å²) in [5, 5.41) is 16.5. The lowest BCUT2D eigenvalue weighted by Gasteiger charge is -2.20. The monoisotopic (exact) mass is 526 g/mol. The van der Waals surface area contributed by atoms with Crippen LogP contribution in [-0.4, -0.2) is 17.6 Å². The highest BCUT2D eigenvalue weighted by Crippen LogP contribution is 2.33. The first-order valence-electron chi connectivity index (χ1n) is 13.5. The van der Waals surface area contributed by atoms with Crippen molar-refractivity contribution in [1.82, 2.24) is 5.32 Å². The summed E-state index contributed by atoms with van der Waals surface area (Å²) in [6.07, 6.45) is 1.99. The molecule has 2 heterocycles. The molecular formula is C33H38N2O4. The topological polar surface area (TPSA) is 91.6 Å². The summed E-state index contributed by atoms with van der Waals surface area (Å²) in [6.45, 7) is 14.5. The van der Waals surface area contributed by atoms with Crippen LogP contribution in [0.4, 0.5) is 5.69 Å². The maximum absolute atomic E-state index is 13.4. The Morgan fingerprint density at radius 3 is 2.18 bits per heavy atom. The number of carboxylic acid groups (broad SMARTS) is 1. The van der Waals surface area contributed by atoms with E-state index < -0.39 is 5.97 Å². The van der Waals surface area contributed by atoms with Crippen LogP contribution >= 0.6 is 0 Å². The molecule has 6 nitrogen and oxygen atoms in total. The normalized spacial score (nSPS) is 12.4. The Morgan fingerprint density at radius 1 is 0.974 bits per heavy atom. The minimum absolute atomic E-state index is 0.0701. The van der Waals surface area contributed by atoms with Crippen molar-refractivity contribution in [3.05, 3.63) is 105 Å². The van der Waals surface area contributed by atoms with E-state index in [1.165, 1.54) is 5.57 Å². The van der Waals surface area contributed by atoms with Gasteiger partial charge in [0.15, 0.2) is 5.43 Å². The van der Waals surface area contributed by atoms with Crippen molar-refractivity contribution in [2.75, 3.05) is 11.9 Å². The second-order valence-electron chi connectivity index (χ2n) is 8.96. The van der Waals surface area contributed by atoms with Gasteiger partial charge in [0.05, 0.1) is 17.0 Å². The van der Waals surface area contributed by atoms with Crippen molar-refractivity contribution < 1.29 is 14.3 Å². The average molecular weight is 527 g/mol. The molecule has 6 heteroatoms. The van der Waals surface area contributed by atoms with Crippen LogP contribution in [0.25, 0.3) is 27.9 Å². The molecule has 0 bridgehead atoms. The third-order valence-corrected chi connectivity index (χ3v) is 6.47. The third kappa shape index (κ3) is 6.06. The fourth-order valence-electron chi connectivity index (χ4n) is 4.50. The van der Waals surface area contributed by atoms with Crippen LogP contribution in [0.5, 0.6) is 0 Å². The quantitative estimate of drug-likeness (QED) is 0.236.